The number of hydrogen-bond acceptors (Lipinski definition) is 4. The molecule has 0 amide bonds. The third-order valence-corrected chi connectivity index (χ3v) is 3.18. The van der Waals surface area contributed by atoms with Crippen molar-refractivity contribution in [2.75, 3.05) is 14.2 Å². The standard InChI is InChI=1S/C15H18N2O4/c1-8(2)12-13(15(18)19)17-14(16-12)10-6-5-9(20-3)7-11(10)21-4/h5-8H,1-4H3,(H,16,17)(H,18,19). The van der Waals surface area contributed by atoms with Gasteiger partial charge in [-0.3, -0.25) is 0 Å². The SMILES string of the molecule is COc1ccc(-c2nc(C(=O)O)c(C(C)C)[nH]2)c(OC)c1. The molecule has 0 saturated carbocycles. The third-order valence-electron chi connectivity index (χ3n) is 3.18. The van der Waals surface area contributed by atoms with Crippen LogP contribution < -0.4 is 9.47 Å². The Morgan fingerprint density at radius 2 is 2.00 bits per heavy atom. The Morgan fingerprint density at radius 1 is 1.29 bits per heavy atom. The van der Waals surface area contributed by atoms with E-state index in [1.165, 1.54) is 0 Å². The first-order valence-electron chi connectivity index (χ1n) is 6.53. The van der Waals surface area contributed by atoms with Gasteiger partial charge in [-0.2, -0.15) is 0 Å². The molecule has 0 saturated heterocycles. The van der Waals surface area contributed by atoms with Crippen molar-refractivity contribution in [3.8, 4) is 22.9 Å². The molecule has 0 aliphatic rings. The van der Waals surface area contributed by atoms with Crippen molar-refractivity contribution in [1.29, 1.82) is 0 Å². The van der Waals surface area contributed by atoms with Gasteiger partial charge >= 0.3 is 5.97 Å². The van der Waals surface area contributed by atoms with Crippen LogP contribution in [-0.2, 0) is 0 Å². The predicted octanol–water partition coefficient (Wildman–Crippen LogP) is 2.92. The van der Waals surface area contributed by atoms with Gasteiger partial charge in [0.1, 0.15) is 17.3 Å². The van der Waals surface area contributed by atoms with Gasteiger partial charge in [0.25, 0.3) is 0 Å². The molecule has 0 aliphatic heterocycles. The summed E-state index contributed by atoms with van der Waals surface area (Å²) < 4.78 is 10.5. The number of aromatic nitrogens is 2. The van der Waals surface area contributed by atoms with Crippen LogP contribution in [0.3, 0.4) is 0 Å². The van der Waals surface area contributed by atoms with Gasteiger partial charge in [0.15, 0.2) is 5.69 Å². The van der Waals surface area contributed by atoms with Crippen LogP contribution in [0.5, 0.6) is 11.5 Å². The molecule has 1 heterocycles. The van der Waals surface area contributed by atoms with E-state index in [9.17, 15) is 9.90 Å². The minimum absolute atomic E-state index is 0.0293. The first kappa shape index (κ1) is 14.9. The maximum absolute atomic E-state index is 11.3. The number of nitrogens with zero attached hydrogens (tertiary/aromatic N) is 1. The summed E-state index contributed by atoms with van der Waals surface area (Å²) in [5, 5.41) is 9.25. The van der Waals surface area contributed by atoms with E-state index in [2.05, 4.69) is 9.97 Å². The second-order valence-electron chi connectivity index (χ2n) is 4.87. The quantitative estimate of drug-likeness (QED) is 0.884. The van der Waals surface area contributed by atoms with Crippen LogP contribution in [-0.4, -0.2) is 35.3 Å². The lowest BCUT2D eigenvalue weighted by Gasteiger charge is -2.08. The summed E-state index contributed by atoms with van der Waals surface area (Å²) >= 11 is 0. The Hall–Kier alpha value is -2.50. The molecule has 6 heteroatoms. The molecular formula is C15H18N2O4. The van der Waals surface area contributed by atoms with Gasteiger partial charge in [-0.1, -0.05) is 13.8 Å². The van der Waals surface area contributed by atoms with Crippen LogP contribution in [0.15, 0.2) is 18.2 Å². The molecule has 0 aliphatic carbocycles. The normalized spacial score (nSPS) is 10.7. The van der Waals surface area contributed by atoms with Gasteiger partial charge in [0.2, 0.25) is 0 Å². The van der Waals surface area contributed by atoms with E-state index in [0.717, 1.165) is 0 Å². The van der Waals surface area contributed by atoms with Crippen LogP contribution >= 0.6 is 0 Å². The minimum atomic E-state index is -1.05. The third kappa shape index (κ3) is 2.84. The smallest absolute Gasteiger partial charge is 0.356 e. The number of carboxylic acid groups (broad SMARTS) is 1. The summed E-state index contributed by atoms with van der Waals surface area (Å²) in [6.45, 7) is 3.82. The van der Waals surface area contributed by atoms with E-state index >= 15 is 0 Å². The molecule has 0 fully saturated rings. The number of benzene rings is 1. The zero-order valence-corrected chi connectivity index (χ0v) is 12.4. The fourth-order valence-electron chi connectivity index (χ4n) is 2.09. The molecule has 2 rings (SSSR count). The highest BCUT2D eigenvalue weighted by Gasteiger charge is 2.21. The van der Waals surface area contributed by atoms with Gasteiger partial charge in [0.05, 0.1) is 25.5 Å². The van der Waals surface area contributed by atoms with Gasteiger partial charge < -0.3 is 19.6 Å². The van der Waals surface area contributed by atoms with E-state index in [4.69, 9.17) is 9.47 Å². The Balaban J connectivity index is 2.56. The largest absolute Gasteiger partial charge is 0.497 e. The lowest BCUT2D eigenvalue weighted by Crippen LogP contribution is -2.02. The minimum Gasteiger partial charge on any atom is -0.497 e. The van der Waals surface area contributed by atoms with Gasteiger partial charge in [-0.05, 0) is 18.1 Å². The lowest BCUT2D eigenvalue weighted by atomic mass is 10.1. The Bertz CT molecular complexity index is 662. The predicted molar refractivity (Wildman–Crippen MR) is 78.2 cm³/mol. The van der Waals surface area contributed by atoms with Crippen molar-refractivity contribution in [3.05, 3.63) is 29.6 Å². The fourth-order valence-corrected chi connectivity index (χ4v) is 2.09. The molecule has 6 nitrogen and oxygen atoms in total. The average Bonchev–Trinajstić information content (AvgIpc) is 2.92. The number of H-pyrrole nitrogens is 1. The summed E-state index contributed by atoms with van der Waals surface area (Å²) in [7, 11) is 3.11. The zero-order chi connectivity index (χ0) is 15.6. The highest BCUT2D eigenvalue weighted by atomic mass is 16.5. The Kier molecular flexibility index (Phi) is 4.16. The van der Waals surface area contributed by atoms with Crippen molar-refractivity contribution in [2.24, 2.45) is 0 Å². The van der Waals surface area contributed by atoms with Crippen molar-refractivity contribution >= 4 is 5.97 Å². The van der Waals surface area contributed by atoms with Crippen molar-refractivity contribution in [3.63, 3.8) is 0 Å². The van der Waals surface area contributed by atoms with Crippen LogP contribution in [0.4, 0.5) is 0 Å². The molecule has 112 valence electrons. The number of carboxylic acids is 1. The van der Waals surface area contributed by atoms with E-state index in [1.807, 2.05) is 13.8 Å². The number of carbonyl (C=O) groups is 1. The number of ether oxygens (including phenoxy) is 2. The number of aromatic amines is 1. The topological polar surface area (TPSA) is 84.4 Å². The highest BCUT2D eigenvalue weighted by Crippen LogP contribution is 2.33. The summed E-state index contributed by atoms with van der Waals surface area (Å²) in [5.41, 5.74) is 1.32. The number of rotatable bonds is 5. The summed E-state index contributed by atoms with van der Waals surface area (Å²) in [6.07, 6.45) is 0. The molecule has 21 heavy (non-hydrogen) atoms. The van der Waals surface area contributed by atoms with Crippen LogP contribution in [0.25, 0.3) is 11.4 Å². The second-order valence-corrected chi connectivity index (χ2v) is 4.87. The Labute approximate surface area is 122 Å². The molecule has 1 aromatic carbocycles. The van der Waals surface area contributed by atoms with Crippen LogP contribution in [0.2, 0.25) is 0 Å². The van der Waals surface area contributed by atoms with Gasteiger partial charge in [-0.25, -0.2) is 9.78 Å². The first-order valence-corrected chi connectivity index (χ1v) is 6.53. The van der Waals surface area contributed by atoms with Gasteiger partial charge in [-0.15, -0.1) is 0 Å². The maximum atomic E-state index is 11.3. The molecule has 0 unspecified atom stereocenters. The fraction of sp³-hybridized carbons (Fsp3) is 0.333. The summed E-state index contributed by atoms with van der Waals surface area (Å²) in [4.78, 5) is 18.6. The van der Waals surface area contributed by atoms with Crippen LogP contribution in [0, 0.1) is 0 Å². The molecule has 2 N–H and O–H groups in total. The summed E-state index contributed by atoms with van der Waals surface area (Å²) in [5.74, 6) is 0.672. The highest BCUT2D eigenvalue weighted by molar-refractivity contribution is 5.88. The average molecular weight is 290 g/mol. The number of aromatic carboxylic acids is 1. The van der Waals surface area contributed by atoms with Crippen molar-refractivity contribution in [2.45, 2.75) is 19.8 Å². The molecule has 0 atom stereocenters. The Morgan fingerprint density at radius 3 is 2.48 bits per heavy atom. The molecule has 1 aromatic heterocycles. The molecule has 0 spiro atoms. The summed E-state index contributed by atoms with van der Waals surface area (Å²) in [6, 6.07) is 5.29. The molecule has 0 radical (unpaired) electrons. The molecular weight excluding hydrogens is 272 g/mol. The monoisotopic (exact) mass is 290 g/mol. The lowest BCUT2D eigenvalue weighted by molar-refractivity contribution is 0.0689. The molecule has 2 aromatic rings. The van der Waals surface area contributed by atoms with Crippen molar-refractivity contribution < 1.29 is 19.4 Å². The van der Waals surface area contributed by atoms with E-state index in [0.29, 0.717) is 28.6 Å². The number of imidazole rings is 1. The van der Waals surface area contributed by atoms with E-state index in [1.54, 1.807) is 32.4 Å². The zero-order valence-electron chi connectivity index (χ0n) is 12.4. The van der Waals surface area contributed by atoms with E-state index in [-0.39, 0.29) is 11.6 Å². The molecule has 0 bridgehead atoms. The maximum Gasteiger partial charge on any atom is 0.356 e. The van der Waals surface area contributed by atoms with Crippen LogP contribution in [0.1, 0.15) is 35.9 Å². The van der Waals surface area contributed by atoms with Gasteiger partial charge in [0, 0.05) is 6.07 Å². The van der Waals surface area contributed by atoms with Crippen molar-refractivity contribution in [1.82, 2.24) is 9.97 Å². The number of nitrogens with one attached hydrogen (secondary N) is 1. The first-order chi connectivity index (χ1) is 9.97. The number of hydrogen-bond donors (Lipinski definition) is 2. The number of methoxy groups -OCH3 is 2. The second kappa shape index (κ2) is 5.87. The van der Waals surface area contributed by atoms with E-state index < -0.39 is 5.97 Å².